The number of aliphatic carboxylic acids is 2. The second-order valence-corrected chi connectivity index (χ2v) is 7.63. The molecule has 1 unspecified atom stereocenters. The van der Waals surface area contributed by atoms with Gasteiger partial charge in [-0.3, -0.25) is 9.59 Å². The lowest BCUT2D eigenvalue weighted by Gasteiger charge is -2.66. The molecular weight excluding hydrogens is 312 g/mol. The number of hydrogen-bond acceptors (Lipinski definition) is 4. The fourth-order valence-corrected chi connectivity index (χ4v) is 4.86. The molecule has 2 N–H and O–H groups in total. The molecule has 6 nitrogen and oxygen atoms in total. The summed E-state index contributed by atoms with van der Waals surface area (Å²) in [6.45, 7) is 8.58. The van der Waals surface area contributed by atoms with Gasteiger partial charge in [0.15, 0.2) is 0 Å². The van der Waals surface area contributed by atoms with Gasteiger partial charge in [0.1, 0.15) is 0 Å². The summed E-state index contributed by atoms with van der Waals surface area (Å²) in [6, 6.07) is 0. The highest BCUT2D eigenvalue weighted by molar-refractivity contribution is 5.72. The van der Waals surface area contributed by atoms with Crippen LogP contribution in [-0.4, -0.2) is 48.6 Å². The van der Waals surface area contributed by atoms with Gasteiger partial charge in [-0.2, -0.15) is 0 Å². The molecule has 0 radical (unpaired) electrons. The number of carboxylic acids is 2. The van der Waals surface area contributed by atoms with Crippen molar-refractivity contribution in [3.63, 3.8) is 0 Å². The fourth-order valence-electron chi connectivity index (χ4n) is 4.86. The lowest BCUT2D eigenvalue weighted by molar-refractivity contribution is -0.296. The Morgan fingerprint density at radius 2 is 1.50 bits per heavy atom. The molecule has 1 atom stereocenters. The Balaban J connectivity index is 2.39. The van der Waals surface area contributed by atoms with E-state index < -0.39 is 23.3 Å². The van der Waals surface area contributed by atoms with Crippen LogP contribution in [0.4, 0.5) is 0 Å². The van der Waals surface area contributed by atoms with Crippen molar-refractivity contribution in [1.29, 1.82) is 0 Å². The first kappa shape index (κ1) is 19.2. The molecule has 138 valence electrons. The topological polar surface area (TPSA) is 93.1 Å². The third kappa shape index (κ3) is 2.73. The van der Waals surface area contributed by atoms with Crippen LogP contribution in [0.25, 0.3) is 0 Å². The Morgan fingerprint density at radius 1 is 1.04 bits per heavy atom. The van der Waals surface area contributed by atoms with E-state index in [1.807, 2.05) is 0 Å². The largest absolute Gasteiger partial charge is 0.481 e. The minimum atomic E-state index is -0.879. The first-order valence-corrected chi connectivity index (χ1v) is 8.88. The second kappa shape index (κ2) is 7.00. The monoisotopic (exact) mass is 342 g/mol. The zero-order valence-corrected chi connectivity index (χ0v) is 15.0. The molecular formula is C18H30O6. The van der Waals surface area contributed by atoms with Gasteiger partial charge < -0.3 is 19.7 Å². The van der Waals surface area contributed by atoms with Gasteiger partial charge in [0, 0.05) is 22.7 Å². The summed E-state index contributed by atoms with van der Waals surface area (Å²) in [5.74, 6) is -2.30. The van der Waals surface area contributed by atoms with E-state index in [1.54, 1.807) is 0 Å². The molecule has 0 spiro atoms. The van der Waals surface area contributed by atoms with Crippen LogP contribution in [0.1, 0.15) is 52.9 Å². The quantitative estimate of drug-likeness (QED) is 0.634. The number of rotatable bonds is 10. The van der Waals surface area contributed by atoms with E-state index in [-0.39, 0.29) is 17.3 Å². The molecule has 2 heterocycles. The molecule has 2 aliphatic rings. The summed E-state index contributed by atoms with van der Waals surface area (Å²) < 4.78 is 11.1. The van der Waals surface area contributed by atoms with Crippen LogP contribution in [-0.2, 0) is 19.1 Å². The summed E-state index contributed by atoms with van der Waals surface area (Å²) in [4.78, 5) is 23.1. The number of ether oxygens (including phenoxy) is 2. The van der Waals surface area contributed by atoms with E-state index in [1.165, 1.54) is 0 Å². The van der Waals surface area contributed by atoms with Crippen molar-refractivity contribution in [2.45, 2.75) is 52.9 Å². The predicted octanol–water partition coefficient (Wildman–Crippen LogP) is 2.80. The van der Waals surface area contributed by atoms with E-state index >= 15 is 0 Å². The molecule has 2 fully saturated rings. The van der Waals surface area contributed by atoms with Crippen LogP contribution >= 0.6 is 0 Å². The Bertz CT molecular complexity index is 445. The third-order valence-electron chi connectivity index (χ3n) is 6.95. The summed E-state index contributed by atoms with van der Waals surface area (Å²) >= 11 is 0. The number of carboxylic acid groups (broad SMARTS) is 2. The highest BCUT2D eigenvalue weighted by atomic mass is 16.5. The summed E-state index contributed by atoms with van der Waals surface area (Å²) in [5, 5.41) is 18.9. The molecule has 0 aromatic heterocycles. The molecule has 2 saturated heterocycles. The molecule has 0 aromatic rings. The van der Waals surface area contributed by atoms with E-state index in [0.29, 0.717) is 39.3 Å². The average Bonchev–Trinajstić information content (AvgIpc) is 2.41. The summed E-state index contributed by atoms with van der Waals surface area (Å²) in [5.41, 5.74) is -0.845. The third-order valence-corrected chi connectivity index (χ3v) is 6.95. The molecule has 0 bridgehead atoms. The van der Waals surface area contributed by atoms with Crippen molar-refractivity contribution in [3.05, 3.63) is 0 Å². The van der Waals surface area contributed by atoms with Gasteiger partial charge in [-0.15, -0.1) is 0 Å². The SMILES string of the molecule is CCC1(C(C)(C(CCCC(=O)O)C(=O)O)C2(CC)COC2)COC1. The van der Waals surface area contributed by atoms with E-state index in [0.717, 1.165) is 12.8 Å². The molecule has 0 aromatic carbocycles. The van der Waals surface area contributed by atoms with Crippen LogP contribution in [0, 0.1) is 22.2 Å². The van der Waals surface area contributed by atoms with Crippen molar-refractivity contribution < 1.29 is 29.3 Å². The number of carbonyl (C=O) groups is 2. The highest BCUT2D eigenvalue weighted by Crippen LogP contribution is 2.65. The first-order chi connectivity index (χ1) is 11.3. The zero-order valence-electron chi connectivity index (χ0n) is 15.0. The smallest absolute Gasteiger partial charge is 0.307 e. The van der Waals surface area contributed by atoms with Crippen LogP contribution < -0.4 is 0 Å². The predicted molar refractivity (Wildman–Crippen MR) is 87.8 cm³/mol. The van der Waals surface area contributed by atoms with Gasteiger partial charge in [0.2, 0.25) is 0 Å². The molecule has 0 amide bonds. The zero-order chi connectivity index (χ0) is 18.0. The minimum absolute atomic E-state index is 0.00507. The lowest BCUT2D eigenvalue weighted by atomic mass is 9.43. The van der Waals surface area contributed by atoms with Crippen molar-refractivity contribution >= 4 is 11.9 Å². The summed E-state index contributed by atoms with van der Waals surface area (Å²) in [7, 11) is 0. The standard InChI is InChI=1S/C18H30O6/c1-4-17(9-23-10-17)16(3,18(5-2)11-24-12-18)13(15(21)22)7-6-8-14(19)20/h13H,4-12H2,1-3H3,(H,19,20)(H,21,22). The van der Waals surface area contributed by atoms with Gasteiger partial charge in [-0.1, -0.05) is 20.8 Å². The lowest BCUT2D eigenvalue weighted by Crippen LogP contribution is -2.69. The van der Waals surface area contributed by atoms with Gasteiger partial charge in [-0.25, -0.2) is 0 Å². The molecule has 0 saturated carbocycles. The fraction of sp³-hybridized carbons (Fsp3) is 0.889. The second-order valence-electron chi connectivity index (χ2n) is 7.63. The summed E-state index contributed by atoms with van der Waals surface area (Å²) in [6.07, 6.45) is 2.47. The first-order valence-electron chi connectivity index (χ1n) is 8.88. The van der Waals surface area contributed by atoms with Gasteiger partial charge in [-0.05, 0) is 25.7 Å². The Hall–Kier alpha value is -1.14. The molecule has 2 rings (SSSR count). The van der Waals surface area contributed by atoms with Gasteiger partial charge >= 0.3 is 11.9 Å². The van der Waals surface area contributed by atoms with Crippen LogP contribution in [0.15, 0.2) is 0 Å². The average molecular weight is 342 g/mol. The normalized spacial score (nSPS) is 23.0. The van der Waals surface area contributed by atoms with Gasteiger partial charge in [0.05, 0.1) is 32.3 Å². The van der Waals surface area contributed by atoms with Crippen molar-refractivity contribution in [1.82, 2.24) is 0 Å². The van der Waals surface area contributed by atoms with E-state index in [9.17, 15) is 14.7 Å². The number of hydrogen-bond donors (Lipinski definition) is 2. The van der Waals surface area contributed by atoms with E-state index in [2.05, 4.69) is 20.8 Å². The maximum absolute atomic E-state index is 12.2. The molecule has 6 heteroatoms. The molecule has 24 heavy (non-hydrogen) atoms. The molecule has 2 aliphatic heterocycles. The maximum Gasteiger partial charge on any atom is 0.307 e. The van der Waals surface area contributed by atoms with Gasteiger partial charge in [0.25, 0.3) is 0 Å². The Labute approximate surface area is 143 Å². The van der Waals surface area contributed by atoms with Crippen LogP contribution in [0.3, 0.4) is 0 Å². The van der Waals surface area contributed by atoms with Crippen LogP contribution in [0.5, 0.6) is 0 Å². The Morgan fingerprint density at radius 3 is 1.75 bits per heavy atom. The van der Waals surface area contributed by atoms with Crippen molar-refractivity contribution in [2.24, 2.45) is 22.2 Å². The molecule has 0 aliphatic carbocycles. The maximum atomic E-state index is 12.2. The van der Waals surface area contributed by atoms with Crippen molar-refractivity contribution in [3.8, 4) is 0 Å². The Kier molecular flexibility index (Phi) is 5.60. The van der Waals surface area contributed by atoms with Crippen LogP contribution in [0.2, 0.25) is 0 Å². The highest BCUT2D eigenvalue weighted by Gasteiger charge is 2.68. The van der Waals surface area contributed by atoms with Crippen molar-refractivity contribution in [2.75, 3.05) is 26.4 Å². The van der Waals surface area contributed by atoms with E-state index in [4.69, 9.17) is 14.6 Å². The minimum Gasteiger partial charge on any atom is -0.481 e.